The van der Waals surface area contributed by atoms with E-state index in [1.54, 1.807) is 0 Å². The second-order valence-corrected chi connectivity index (χ2v) is 15.9. The Balaban J connectivity index is 1.14. The van der Waals surface area contributed by atoms with E-state index >= 15 is 0 Å². The Bertz CT molecular complexity index is 1330. The van der Waals surface area contributed by atoms with Crippen molar-refractivity contribution >= 4 is 23.4 Å². The molecule has 2 saturated carbocycles. The molecular formula is C38H54N2O5. The summed E-state index contributed by atoms with van der Waals surface area (Å²) in [7, 11) is 0. The molecule has 1 heterocycles. The third-order valence-corrected chi connectivity index (χ3v) is 11.2. The summed E-state index contributed by atoms with van der Waals surface area (Å²) < 4.78 is 11.4. The van der Waals surface area contributed by atoms with Crippen LogP contribution in [0, 0.1) is 34.5 Å². The van der Waals surface area contributed by atoms with Crippen LogP contribution in [-0.4, -0.2) is 40.6 Å². The van der Waals surface area contributed by atoms with Crippen LogP contribution in [-0.2, 0) is 23.9 Å². The summed E-state index contributed by atoms with van der Waals surface area (Å²) in [5.41, 5.74) is 3.94. The molecule has 5 rings (SSSR count). The van der Waals surface area contributed by atoms with Crippen LogP contribution in [0.5, 0.6) is 0 Å². The number of rotatable bonds is 9. The number of hydrogen-bond acceptors (Lipinski definition) is 6. The van der Waals surface area contributed by atoms with Gasteiger partial charge in [-0.3, -0.25) is 14.6 Å². The van der Waals surface area contributed by atoms with Gasteiger partial charge in [-0.15, -0.1) is 0 Å². The van der Waals surface area contributed by atoms with Gasteiger partial charge in [0, 0.05) is 25.2 Å². The zero-order valence-electron chi connectivity index (χ0n) is 28.5. The summed E-state index contributed by atoms with van der Waals surface area (Å²) in [6.07, 6.45) is 16.5. The SMILES string of the molecule is CC(C)C[C@@H](NC(=O)CCC(=O)O[C@H]1CC[C@@]2(C)C(=CC[C@@H]3[C@@H]2CC[C@]2(C)C(c4cccnc4)=CC[C@@H]32)C1)C(=O)OC(C)(C)C. The van der Waals surface area contributed by atoms with E-state index < -0.39 is 17.6 Å². The topological polar surface area (TPSA) is 94.6 Å². The predicted molar refractivity (Wildman–Crippen MR) is 176 cm³/mol. The predicted octanol–water partition coefficient (Wildman–Crippen LogP) is 7.60. The van der Waals surface area contributed by atoms with Crippen LogP contribution in [0.3, 0.4) is 0 Å². The van der Waals surface area contributed by atoms with E-state index in [0.29, 0.717) is 24.2 Å². The van der Waals surface area contributed by atoms with Gasteiger partial charge < -0.3 is 14.8 Å². The van der Waals surface area contributed by atoms with Crippen molar-refractivity contribution in [3.8, 4) is 0 Å². The lowest BCUT2D eigenvalue weighted by Crippen LogP contribution is -2.50. The summed E-state index contributed by atoms with van der Waals surface area (Å²) in [6, 6.07) is 3.53. The van der Waals surface area contributed by atoms with E-state index in [1.807, 2.05) is 53.1 Å². The Morgan fingerprint density at radius 2 is 1.78 bits per heavy atom. The molecule has 7 nitrogen and oxygen atoms in total. The second-order valence-electron chi connectivity index (χ2n) is 15.9. The first-order chi connectivity index (χ1) is 21.2. The molecule has 0 bridgehead atoms. The summed E-state index contributed by atoms with van der Waals surface area (Å²) in [4.78, 5) is 42.6. The Kier molecular flexibility index (Phi) is 9.68. The average Bonchev–Trinajstić information content (AvgIpc) is 3.32. The molecule has 246 valence electrons. The minimum Gasteiger partial charge on any atom is -0.462 e. The van der Waals surface area contributed by atoms with Gasteiger partial charge in [-0.1, -0.05) is 51.5 Å². The lowest BCUT2D eigenvalue weighted by Gasteiger charge is -2.57. The molecule has 1 aromatic heterocycles. The number of nitrogens with one attached hydrogen (secondary N) is 1. The lowest BCUT2D eigenvalue weighted by atomic mass is 9.47. The standard InChI is InChI=1S/C38H54N2O5/c1-24(2)21-32(35(43)45-36(3,4)5)40-33(41)14-15-34(42)44-27-16-18-37(6)26(22-27)10-11-28-30-13-12-29(25-9-8-20-39-23-25)38(30,7)19-17-31(28)37/h8-10,12,20,23-24,27-28,30-32H,11,13-19,21-22H2,1-7H3,(H,40,41)/t27-,28-,30-,31-,32+,37-,38+/m0/s1. The number of allylic oxidation sites excluding steroid dienone is 3. The summed E-state index contributed by atoms with van der Waals surface area (Å²) >= 11 is 0. The summed E-state index contributed by atoms with van der Waals surface area (Å²) in [5, 5.41) is 2.79. The first-order valence-corrected chi connectivity index (χ1v) is 17.2. The van der Waals surface area contributed by atoms with Crippen LogP contribution in [0.4, 0.5) is 0 Å². The zero-order valence-corrected chi connectivity index (χ0v) is 28.5. The second kappa shape index (κ2) is 13.0. The fraction of sp³-hybridized carbons (Fsp3) is 0.684. The van der Waals surface area contributed by atoms with Gasteiger partial charge >= 0.3 is 11.9 Å². The molecule has 1 N–H and O–H groups in total. The van der Waals surface area contributed by atoms with Gasteiger partial charge in [0.2, 0.25) is 5.91 Å². The first-order valence-electron chi connectivity index (χ1n) is 17.2. The van der Waals surface area contributed by atoms with Gasteiger partial charge in [-0.2, -0.15) is 0 Å². The maximum atomic E-state index is 12.9. The molecule has 2 fully saturated rings. The number of aromatic nitrogens is 1. The summed E-state index contributed by atoms with van der Waals surface area (Å²) in [5.74, 6) is 1.05. The van der Waals surface area contributed by atoms with Gasteiger partial charge in [0.25, 0.3) is 0 Å². The van der Waals surface area contributed by atoms with Crippen molar-refractivity contribution in [2.24, 2.45) is 34.5 Å². The van der Waals surface area contributed by atoms with Gasteiger partial charge in [-0.05, 0) is 117 Å². The Labute approximate surface area is 270 Å². The molecule has 0 aromatic carbocycles. The van der Waals surface area contributed by atoms with E-state index in [4.69, 9.17) is 9.47 Å². The highest BCUT2D eigenvalue weighted by Gasteiger charge is 2.57. The number of amides is 1. The normalized spacial score (nSPS) is 31.5. The van der Waals surface area contributed by atoms with Crippen molar-refractivity contribution in [2.75, 3.05) is 0 Å². The van der Waals surface area contributed by atoms with Gasteiger partial charge in [0.1, 0.15) is 17.7 Å². The van der Waals surface area contributed by atoms with Crippen LogP contribution >= 0.6 is 0 Å². The Morgan fingerprint density at radius 3 is 2.47 bits per heavy atom. The van der Waals surface area contributed by atoms with Crippen molar-refractivity contribution in [1.82, 2.24) is 10.3 Å². The Hall–Kier alpha value is -2.96. The third-order valence-electron chi connectivity index (χ3n) is 11.2. The fourth-order valence-corrected chi connectivity index (χ4v) is 9.05. The van der Waals surface area contributed by atoms with Crippen LogP contribution < -0.4 is 5.32 Å². The molecule has 45 heavy (non-hydrogen) atoms. The molecule has 4 aliphatic carbocycles. The number of carbonyl (C=O) groups excluding carboxylic acids is 3. The van der Waals surface area contributed by atoms with Crippen LogP contribution in [0.1, 0.15) is 118 Å². The zero-order chi connectivity index (χ0) is 32.6. The average molecular weight is 619 g/mol. The highest BCUT2D eigenvalue weighted by atomic mass is 16.6. The molecule has 4 aliphatic rings. The lowest BCUT2D eigenvalue weighted by molar-refractivity contribution is -0.159. The molecule has 7 atom stereocenters. The van der Waals surface area contributed by atoms with Crippen molar-refractivity contribution < 1.29 is 23.9 Å². The number of pyridine rings is 1. The number of nitrogens with zero attached hydrogens (tertiary/aromatic N) is 1. The van der Waals surface area contributed by atoms with E-state index in [0.717, 1.165) is 32.1 Å². The first kappa shape index (κ1) is 33.4. The van der Waals surface area contributed by atoms with Gasteiger partial charge in [0.15, 0.2) is 0 Å². The molecular weight excluding hydrogens is 564 g/mol. The minimum absolute atomic E-state index is 0.00139. The highest BCUT2D eigenvalue weighted by molar-refractivity contribution is 5.86. The number of ether oxygens (including phenoxy) is 2. The Morgan fingerprint density at radius 1 is 1.02 bits per heavy atom. The minimum atomic E-state index is -0.731. The molecule has 7 heteroatoms. The number of fused-ring (bicyclic) bond motifs is 5. The maximum Gasteiger partial charge on any atom is 0.329 e. The van der Waals surface area contributed by atoms with Crippen LogP contribution in [0.2, 0.25) is 0 Å². The highest BCUT2D eigenvalue weighted by Crippen LogP contribution is 2.66. The molecule has 0 spiro atoms. The van der Waals surface area contributed by atoms with E-state index in [2.05, 4.69) is 42.4 Å². The van der Waals surface area contributed by atoms with Crippen molar-refractivity contribution in [2.45, 2.75) is 130 Å². The van der Waals surface area contributed by atoms with Crippen LogP contribution in [0.25, 0.3) is 5.57 Å². The molecule has 0 aliphatic heterocycles. The maximum absolute atomic E-state index is 12.9. The van der Waals surface area contributed by atoms with Crippen molar-refractivity contribution in [1.29, 1.82) is 0 Å². The molecule has 1 amide bonds. The molecule has 0 unspecified atom stereocenters. The third kappa shape index (κ3) is 7.23. The van der Waals surface area contributed by atoms with Gasteiger partial charge in [0.05, 0.1) is 6.42 Å². The van der Waals surface area contributed by atoms with Gasteiger partial charge in [-0.25, -0.2) is 4.79 Å². The number of hydrogen-bond donors (Lipinski definition) is 1. The van der Waals surface area contributed by atoms with E-state index in [9.17, 15) is 14.4 Å². The quantitative estimate of drug-likeness (QED) is 0.226. The monoisotopic (exact) mass is 618 g/mol. The largest absolute Gasteiger partial charge is 0.462 e. The molecule has 0 radical (unpaired) electrons. The fourth-order valence-electron chi connectivity index (χ4n) is 9.05. The van der Waals surface area contributed by atoms with E-state index in [1.165, 1.54) is 29.6 Å². The van der Waals surface area contributed by atoms with E-state index in [-0.39, 0.29) is 47.6 Å². The smallest absolute Gasteiger partial charge is 0.329 e. The van der Waals surface area contributed by atoms with Crippen LogP contribution in [0.15, 0.2) is 42.3 Å². The van der Waals surface area contributed by atoms with Crippen molar-refractivity contribution in [3.05, 3.63) is 47.8 Å². The molecule has 0 saturated heterocycles. The summed E-state index contributed by atoms with van der Waals surface area (Å²) in [6.45, 7) is 14.4. The number of esters is 2. The number of carbonyl (C=O) groups is 3. The molecule has 1 aromatic rings. The van der Waals surface area contributed by atoms with Crippen molar-refractivity contribution in [3.63, 3.8) is 0 Å².